The van der Waals surface area contributed by atoms with E-state index in [0.717, 1.165) is 34.8 Å². The summed E-state index contributed by atoms with van der Waals surface area (Å²) in [6.45, 7) is 4.78. The van der Waals surface area contributed by atoms with E-state index < -0.39 is 0 Å². The predicted octanol–water partition coefficient (Wildman–Crippen LogP) is 14.6. The van der Waals surface area contributed by atoms with Crippen molar-refractivity contribution in [2.75, 3.05) is 4.90 Å². The van der Waals surface area contributed by atoms with Crippen molar-refractivity contribution >= 4 is 17.1 Å². The second kappa shape index (κ2) is 13.3. The van der Waals surface area contributed by atoms with Gasteiger partial charge in [0, 0.05) is 22.5 Å². The van der Waals surface area contributed by atoms with Crippen LogP contribution in [-0.2, 0) is 5.41 Å². The summed E-state index contributed by atoms with van der Waals surface area (Å²) in [6.07, 6.45) is 6.77. The van der Waals surface area contributed by atoms with E-state index in [0.29, 0.717) is 0 Å². The molecule has 0 N–H and O–H groups in total. The van der Waals surface area contributed by atoms with Crippen molar-refractivity contribution in [3.63, 3.8) is 0 Å². The minimum Gasteiger partial charge on any atom is -0.311 e. The summed E-state index contributed by atoms with van der Waals surface area (Å²) in [6, 6.07) is 63.1. The van der Waals surface area contributed by atoms with Crippen LogP contribution in [0.4, 0.5) is 17.1 Å². The Morgan fingerprint density at radius 1 is 0.481 bits per heavy atom. The summed E-state index contributed by atoms with van der Waals surface area (Å²) in [5.41, 5.74) is 18.6. The topological polar surface area (TPSA) is 3.24 Å². The highest BCUT2D eigenvalue weighted by atomic mass is 15.1. The van der Waals surface area contributed by atoms with E-state index >= 15 is 0 Å². The van der Waals surface area contributed by atoms with Gasteiger partial charge in [-0.3, -0.25) is 0 Å². The highest BCUT2D eigenvalue weighted by Crippen LogP contribution is 2.63. The molecule has 2 fully saturated rings. The van der Waals surface area contributed by atoms with Gasteiger partial charge in [0.25, 0.3) is 0 Å². The Kier molecular flexibility index (Phi) is 8.13. The van der Waals surface area contributed by atoms with Crippen LogP contribution in [0.15, 0.2) is 170 Å². The van der Waals surface area contributed by atoms with Crippen molar-refractivity contribution in [1.82, 2.24) is 0 Å². The lowest BCUT2D eigenvalue weighted by Crippen LogP contribution is -2.44. The van der Waals surface area contributed by atoms with Gasteiger partial charge >= 0.3 is 0 Å². The molecule has 1 heteroatoms. The van der Waals surface area contributed by atoms with Crippen LogP contribution in [0.3, 0.4) is 0 Å². The summed E-state index contributed by atoms with van der Waals surface area (Å²) in [5, 5.41) is 0. The lowest BCUT2D eigenvalue weighted by Gasteiger charge is -2.50. The van der Waals surface area contributed by atoms with E-state index in [1.54, 1.807) is 11.1 Å². The summed E-state index contributed by atoms with van der Waals surface area (Å²) in [4.78, 5) is 2.39. The van der Waals surface area contributed by atoms with E-state index in [4.69, 9.17) is 0 Å². The average Bonchev–Trinajstić information content (AvgIpc) is 3.50. The first-order chi connectivity index (χ1) is 26.5. The number of anilines is 3. The SMILES string of the molecule is Cc1ccc2c(c1)C1(CCC3CC(C)CC1C3)c1cccc(-c3ccc(N(c4ccc(-c5ccccc5)cc4)c4ccc(-c5ccccc5)cc4)cc3)c1-2. The van der Waals surface area contributed by atoms with E-state index in [1.165, 1.54) is 82.2 Å². The van der Waals surface area contributed by atoms with Gasteiger partial charge in [0.15, 0.2) is 0 Å². The van der Waals surface area contributed by atoms with Gasteiger partial charge in [0.2, 0.25) is 0 Å². The first-order valence-corrected chi connectivity index (χ1v) is 20.0. The van der Waals surface area contributed by atoms with Crippen LogP contribution in [0.2, 0.25) is 0 Å². The van der Waals surface area contributed by atoms with Crippen molar-refractivity contribution in [2.24, 2.45) is 17.8 Å². The lowest BCUT2D eigenvalue weighted by molar-refractivity contribution is 0.0856. The minimum atomic E-state index is 0.131. The van der Waals surface area contributed by atoms with Gasteiger partial charge < -0.3 is 4.90 Å². The third-order valence-corrected chi connectivity index (χ3v) is 13.1. The fourth-order valence-corrected chi connectivity index (χ4v) is 10.7. The van der Waals surface area contributed by atoms with Gasteiger partial charge in [-0.2, -0.15) is 0 Å². The van der Waals surface area contributed by atoms with Crippen molar-refractivity contribution in [3.05, 3.63) is 187 Å². The van der Waals surface area contributed by atoms with Gasteiger partial charge in [0.1, 0.15) is 0 Å². The molecule has 1 spiro atoms. The van der Waals surface area contributed by atoms with E-state index in [2.05, 4.69) is 189 Å². The molecule has 1 nitrogen and oxygen atoms in total. The largest absolute Gasteiger partial charge is 0.311 e. The molecule has 0 saturated heterocycles. The molecule has 0 radical (unpaired) electrons. The van der Waals surface area contributed by atoms with Crippen molar-refractivity contribution in [1.29, 1.82) is 0 Å². The minimum absolute atomic E-state index is 0.131. The smallest absolute Gasteiger partial charge is 0.0462 e. The molecule has 0 amide bonds. The number of hydrogen-bond acceptors (Lipinski definition) is 1. The molecular formula is C53H47N. The van der Waals surface area contributed by atoms with Gasteiger partial charge in [-0.15, -0.1) is 0 Å². The highest BCUT2D eigenvalue weighted by Gasteiger charge is 2.53. The number of nitrogens with zero attached hydrogens (tertiary/aromatic N) is 1. The molecule has 7 aromatic rings. The van der Waals surface area contributed by atoms with Crippen molar-refractivity contribution in [3.8, 4) is 44.5 Å². The van der Waals surface area contributed by atoms with Gasteiger partial charge in [0.05, 0.1) is 0 Å². The van der Waals surface area contributed by atoms with Crippen LogP contribution in [0.25, 0.3) is 44.5 Å². The molecule has 10 rings (SSSR count). The molecular weight excluding hydrogens is 651 g/mol. The number of aryl methyl sites for hydroxylation is 1. The molecule has 3 aliphatic carbocycles. The molecule has 0 aromatic heterocycles. The van der Waals surface area contributed by atoms with Crippen LogP contribution in [0.5, 0.6) is 0 Å². The van der Waals surface area contributed by atoms with Gasteiger partial charge in [-0.05, 0) is 149 Å². The van der Waals surface area contributed by atoms with Gasteiger partial charge in [-0.1, -0.05) is 146 Å². The van der Waals surface area contributed by atoms with E-state index in [-0.39, 0.29) is 5.41 Å². The van der Waals surface area contributed by atoms with E-state index in [9.17, 15) is 0 Å². The molecule has 0 aliphatic heterocycles. The number of fused-ring (bicyclic) bond motifs is 8. The quantitative estimate of drug-likeness (QED) is 0.167. The second-order valence-corrected chi connectivity index (χ2v) is 16.4. The van der Waals surface area contributed by atoms with Crippen LogP contribution >= 0.6 is 0 Å². The molecule has 0 heterocycles. The zero-order valence-corrected chi connectivity index (χ0v) is 31.4. The Morgan fingerprint density at radius 2 is 1.04 bits per heavy atom. The zero-order valence-electron chi connectivity index (χ0n) is 31.4. The lowest BCUT2D eigenvalue weighted by atomic mass is 9.53. The standard InChI is InChI=1S/C53H47N/c1-36-16-29-49-51(34-36)53(31-30-38-32-37(2)33-44(53)35-38)50-15-9-14-48(52(49)50)43-21-27-47(28-22-43)54(45-23-17-41(18-24-45)39-10-5-3-6-11-39)46-25-19-42(20-26-46)40-12-7-4-8-13-40/h3-29,34,37-38,44H,30-33,35H2,1-2H3. The van der Waals surface area contributed by atoms with Crippen molar-refractivity contribution < 1.29 is 0 Å². The maximum Gasteiger partial charge on any atom is 0.0462 e. The van der Waals surface area contributed by atoms with Crippen LogP contribution in [-0.4, -0.2) is 0 Å². The third-order valence-electron chi connectivity index (χ3n) is 13.1. The maximum atomic E-state index is 2.55. The summed E-state index contributed by atoms with van der Waals surface area (Å²) < 4.78 is 0. The van der Waals surface area contributed by atoms with Gasteiger partial charge in [-0.25, -0.2) is 0 Å². The molecule has 2 bridgehead atoms. The fraction of sp³-hybridized carbons (Fsp3) is 0.208. The summed E-state index contributed by atoms with van der Waals surface area (Å²) in [7, 11) is 0. The Hall–Kier alpha value is -5.66. The predicted molar refractivity (Wildman–Crippen MR) is 228 cm³/mol. The summed E-state index contributed by atoms with van der Waals surface area (Å²) >= 11 is 0. The van der Waals surface area contributed by atoms with Crippen LogP contribution in [0.1, 0.15) is 55.7 Å². The Labute approximate surface area is 321 Å². The summed E-state index contributed by atoms with van der Waals surface area (Å²) in [5.74, 6) is 2.42. The fourth-order valence-electron chi connectivity index (χ4n) is 10.7. The Bertz CT molecular complexity index is 2340. The molecule has 264 valence electrons. The monoisotopic (exact) mass is 697 g/mol. The average molecular weight is 698 g/mol. The number of benzene rings is 7. The van der Waals surface area contributed by atoms with E-state index in [1.807, 2.05) is 0 Å². The molecule has 3 aliphatic rings. The molecule has 54 heavy (non-hydrogen) atoms. The molecule has 7 aromatic carbocycles. The molecule has 2 saturated carbocycles. The van der Waals surface area contributed by atoms with Crippen LogP contribution < -0.4 is 4.90 Å². The maximum absolute atomic E-state index is 2.55. The normalized spacial score (nSPS) is 21.0. The Morgan fingerprint density at radius 3 is 1.63 bits per heavy atom. The Balaban J connectivity index is 1.06. The third kappa shape index (κ3) is 5.52. The first kappa shape index (κ1) is 32.9. The second-order valence-electron chi connectivity index (χ2n) is 16.4. The number of hydrogen-bond donors (Lipinski definition) is 0. The molecule has 4 unspecified atom stereocenters. The first-order valence-electron chi connectivity index (χ1n) is 20.0. The van der Waals surface area contributed by atoms with Crippen LogP contribution in [0, 0.1) is 24.7 Å². The highest BCUT2D eigenvalue weighted by molar-refractivity contribution is 5.93. The number of rotatable bonds is 6. The van der Waals surface area contributed by atoms with Crippen molar-refractivity contribution in [2.45, 2.75) is 51.4 Å². The zero-order chi connectivity index (χ0) is 36.2. The molecule has 4 atom stereocenters.